The van der Waals surface area contributed by atoms with Gasteiger partial charge in [-0.25, -0.2) is 4.79 Å². The molecule has 0 spiro atoms. The van der Waals surface area contributed by atoms with Gasteiger partial charge in [-0.1, -0.05) is 0 Å². The summed E-state index contributed by atoms with van der Waals surface area (Å²) in [7, 11) is 0. The van der Waals surface area contributed by atoms with Gasteiger partial charge in [0.05, 0.1) is 12.6 Å². The van der Waals surface area contributed by atoms with Gasteiger partial charge >= 0.3 is 5.97 Å². The molecule has 2 aliphatic rings. The van der Waals surface area contributed by atoms with Crippen molar-refractivity contribution in [2.24, 2.45) is 4.99 Å². The summed E-state index contributed by atoms with van der Waals surface area (Å²) in [5, 5.41) is 12.9. The smallest absolute Gasteiger partial charge is 0.328 e. The number of nitrogens with zero attached hydrogens (tertiary/aromatic N) is 2. The van der Waals surface area contributed by atoms with Crippen molar-refractivity contribution in [1.29, 1.82) is 0 Å². The summed E-state index contributed by atoms with van der Waals surface area (Å²) >= 11 is 0. The molecule has 6 nitrogen and oxygen atoms in total. The van der Waals surface area contributed by atoms with Crippen LogP contribution in [0.1, 0.15) is 32.6 Å². The number of aliphatic hydroxyl groups is 1. The molecule has 2 rings (SSSR count). The van der Waals surface area contributed by atoms with Crippen LogP contribution in [0.15, 0.2) is 4.99 Å². The van der Waals surface area contributed by atoms with Crippen molar-refractivity contribution in [3.05, 3.63) is 0 Å². The molecule has 2 N–H and O–H groups in total. The van der Waals surface area contributed by atoms with E-state index in [4.69, 9.17) is 4.74 Å². The number of likely N-dealkylation sites (tertiary alicyclic amines) is 1. The van der Waals surface area contributed by atoms with Crippen molar-refractivity contribution in [2.75, 3.05) is 32.8 Å². The Labute approximate surface area is 120 Å². The van der Waals surface area contributed by atoms with E-state index in [-0.39, 0.29) is 24.7 Å². The van der Waals surface area contributed by atoms with Crippen molar-refractivity contribution < 1.29 is 14.6 Å². The molecule has 0 saturated carbocycles. The molecule has 0 aromatic heterocycles. The lowest BCUT2D eigenvalue weighted by Gasteiger charge is -2.28. The molecule has 114 valence electrons. The highest BCUT2D eigenvalue weighted by molar-refractivity contribution is 5.89. The van der Waals surface area contributed by atoms with Crippen LogP contribution in [0.4, 0.5) is 0 Å². The summed E-state index contributed by atoms with van der Waals surface area (Å²) in [6, 6.07) is -0.0771. The zero-order chi connectivity index (χ0) is 14.4. The average Bonchev–Trinajstić information content (AvgIpc) is 2.95. The second-order valence-corrected chi connectivity index (χ2v) is 5.31. The number of rotatable bonds is 4. The second-order valence-electron chi connectivity index (χ2n) is 5.31. The van der Waals surface area contributed by atoms with Crippen LogP contribution < -0.4 is 5.32 Å². The van der Waals surface area contributed by atoms with Gasteiger partial charge in [0.25, 0.3) is 0 Å². The van der Waals surface area contributed by atoms with E-state index < -0.39 is 0 Å². The standard InChI is InChI=1S/C14H25N3O3/c1-2-20-14(19)12-6-4-8-17(12)13(10-18)16-11-5-3-7-15-9-11/h11-12,15,18H,2-10H2,1H3. The van der Waals surface area contributed by atoms with E-state index in [1.807, 2.05) is 11.8 Å². The van der Waals surface area contributed by atoms with Crippen molar-refractivity contribution >= 4 is 11.8 Å². The number of carbonyl (C=O) groups is 1. The van der Waals surface area contributed by atoms with Crippen LogP contribution in [0.3, 0.4) is 0 Å². The molecule has 0 aliphatic carbocycles. The van der Waals surface area contributed by atoms with Crippen molar-refractivity contribution in [3.8, 4) is 0 Å². The van der Waals surface area contributed by atoms with Crippen LogP contribution in [0, 0.1) is 0 Å². The predicted octanol–water partition coefficient (Wildman–Crippen LogP) is 0.157. The molecule has 0 bridgehead atoms. The third-order valence-electron chi connectivity index (χ3n) is 3.89. The lowest BCUT2D eigenvalue weighted by Crippen LogP contribution is -2.44. The molecule has 2 heterocycles. The van der Waals surface area contributed by atoms with Gasteiger partial charge in [0.15, 0.2) is 0 Å². The summed E-state index contributed by atoms with van der Waals surface area (Å²) in [4.78, 5) is 18.5. The molecule has 0 amide bonds. The maximum absolute atomic E-state index is 12.0. The number of nitrogens with one attached hydrogen (secondary N) is 1. The first-order chi connectivity index (χ1) is 9.76. The van der Waals surface area contributed by atoms with Crippen LogP contribution in [0.5, 0.6) is 0 Å². The van der Waals surface area contributed by atoms with Crippen LogP contribution >= 0.6 is 0 Å². The first kappa shape index (κ1) is 15.3. The Morgan fingerprint density at radius 2 is 2.30 bits per heavy atom. The van der Waals surface area contributed by atoms with Gasteiger partial charge < -0.3 is 20.1 Å². The van der Waals surface area contributed by atoms with Gasteiger partial charge in [-0.05, 0) is 39.2 Å². The fourth-order valence-corrected chi connectivity index (χ4v) is 2.92. The Kier molecular flexibility index (Phi) is 5.79. The molecular formula is C14H25N3O3. The third-order valence-corrected chi connectivity index (χ3v) is 3.89. The number of carbonyl (C=O) groups excluding carboxylic acids is 1. The maximum Gasteiger partial charge on any atom is 0.328 e. The number of hydrogen-bond acceptors (Lipinski definition) is 5. The molecule has 2 atom stereocenters. The Balaban J connectivity index is 2.04. The highest BCUT2D eigenvalue weighted by atomic mass is 16.5. The van der Waals surface area contributed by atoms with Crippen LogP contribution in [0.25, 0.3) is 0 Å². The van der Waals surface area contributed by atoms with E-state index in [2.05, 4.69) is 10.3 Å². The van der Waals surface area contributed by atoms with E-state index in [0.717, 1.165) is 45.3 Å². The molecule has 0 aromatic carbocycles. The SMILES string of the molecule is CCOC(=O)C1CCCN1C(CO)=NC1CCCNC1. The van der Waals surface area contributed by atoms with Crippen LogP contribution in [-0.4, -0.2) is 66.7 Å². The van der Waals surface area contributed by atoms with Gasteiger partial charge in [0.1, 0.15) is 18.5 Å². The van der Waals surface area contributed by atoms with E-state index in [1.165, 1.54) is 0 Å². The molecule has 20 heavy (non-hydrogen) atoms. The zero-order valence-electron chi connectivity index (χ0n) is 12.2. The first-order valence-corrected chi connectivity index (χ1v) is 7.57. The van der Waals surface area contributed by atoms with Crippen molar-refractivity contribution in [1.82, 2.24) is 10.2 Å². The fraction of sp³-hybridized carbons (Fsp3) is 0.857. The summed E-state index contributed by atoms with van der Waals surface area (Å²) in [5.74, 6) is 0.433. The van der Waals surface area contributed by atoms with E-state index in [0.29, 0.717) is 12.4 Å². The minimum Gasteiger partial charge on any atom is -0.464 e. The molecule has 2 unspecified atom stereocenters. The summed E-state index contributed by atoms with van der Waals surface area (Å²) in [5.41, 5.74) is 0. The predicted molar refractivity (Wildman–Crippen MR) is 76.8 cm³/mol. The fourth-order valence-electron chi connectivity index (χ4n) is 2.92. The minimum atomic E-state index is -0.280. The number of piperidine rings is 1. The lowest BCUT2D eigenvalue weighted by atomic mass is 10.1. The molecule has 6 heteroatoms. The van der Waals surface area contributed by atoms with Crippen LogP contribution in [-0.2, 0) is 9.53 Å². The molecule has 2 saturated heterocycles. The largest absolute Gasteiger partial charge is 0.464 e. The molecule has 2 fully saturated rings. The van der Waals surface area contributed by atoms with Gasteiger partial charge in [-0.2, -0.15) is 0 Å². The van der Waals surface area contributed by atoms with Crippen molar-refractivity contribution in [3.63, 3.8) is 0 Å². The maximum atomic E-state index is 12.0. The first-order valence-electron chi connectivity index (χ1n) is 7.57. The van der Waals surface area contributed by atoms with Gasteiger partial charge in [0, 0.05) is 13.1 Å². The zero-order valence-corrected chi connectivity index (χ0v) is 12.2. The lowest BCUT2D eigenvalue weighted by molar-refractivity contribution is -0.147. The summed E-state index contributed by atoms with van der Waals surface area (Å²) in [6.45, 7) is 4.74. The summed E-state index contributed by atoms with van der Waals surface area (Å²) < 4.78 is 5.11. The molecule has 0 radical (unpaired) electrons. The topological polar surface area (TPSA) is 74.2 Å². The van der Waals surface area contributed by atoms with Crippen molar-refractivity contribution in [2.45, 2.75) is 44.7 Å². The quantitative estimate of drug-likeness (QED) is 0.437. The number of aliphatic imine (C=N–C) groups is 1. The van der Waals surface area contributed by atoms with E-state index >= 15 is 0 Å². The third kappa shape index (κ3) is 3.70. The second kappa shape index (κ2) is 7.59. The highest BCUT2D eigenvalue weighted by Crippen LogP contribution is 2.20. The van der Waals surface area contributed by atoms with E-state index in [9.17, 15) is 9.90 Å². The van der Waals surface area contributed by atoms with E-state index in [1.54, 1.807) is 0 Å². The monoisotopic (exact) mass is 283 g/mol. The van der Waals surface area contributed by atoms with Gasteiger partial charge in [-0.3, -0.25) is 4.99 Å². The summed E-state index contributed by atoms with van der Waals surface area (Å²) in [6.07, 6.45) is 3.86. The Morgan fingerprint density at radius 1 is 1.45 bits per heavy atom. The number of ether oxygens (including phenoxy) is 1. The highest BCUT2D eigenvalue weighted by Gasteiger charge is 2.34. The minimum absolute atomic E-state index is 0.119. The molecule has 0 aromatic rings. The molecular weight excluding hydrogens is 258 g/mol. The Hall–Kier alpha value is -1.14. The Morgan fingerprint density at radius 3 is 2.95 bits per heavy atom. The number of aliphatic hydroxyl groups excluding tert-OH is 1. The molecule has 2 aliphatic heterocycles. The number of esters is 1. The van der Waals surface area contributed by atoms with Gasteiger partial charge in [0.2, 0.25) is 0 Å². The number of hydrogen-bond donors (Lipinski definition) is 2. The normalized spacial score (nSPS) is 27.7. The van der Waals surface area contributed by atoms with Crippen LogP contribution in [0.2, 0.25) is 0 Å². The Bertz CT molecular complexity index is 354. The number of amidine groups is 1. The van der Waals surface area contributed by atoms with Gasteiger partial charge in [-0.15, -0.1) is 0 Å². The average molecular weight is 283 g/mol.